The molecule has 1 aliphatic heterocycles. The monoisotopic (exact) mass is 438 g/mol. The molecule has 1 atom stereocenters. The highest BCUT2D eigenvalue weighted by Crippen LogP contribution is 2.36. The van der Waals surface area contributed by atoms with Crippen molar-refractivity contribution in [3.05, 3.63) is 71.6 Å². The fraction of sp³-hybridized carbons (Fsp3) is 0.333. The van der Waals surface area contributed by atoms with Crippen molar-refractivity contribution in [3.63, 3.8) is 0 Å². The molecule has 2 aromatic carbocycles. The second-order valence-corrected chi connectivity index (χ2v) is 9.17. The molecule has 0 unspecified atom stereocenters. The van der Waals surface area contributed by atoms with Crippen molar-refractivity contribution in [1.82, 2.24) is 30.6 Å². The quantitative estimate of drug-likeness (QED) is 0.362. The molecule has 6 nitrogen and oxygen atoms in total. The number of nitrogens with one attached hydrogen (secondary N) is 4. The van der Waals surface area contributed by atoms with Crippen molar-refractivity contribution < 1.29 is 0 Å². The second kappa shape index (κ2) is 8.61. The van der Waals surface area contributed by atoms with Crippen LogP contribution in [0.15, 0.2) is 48.7 Å². The third-order valence-corrected chi connectivity index (χ3v) is 6.92. The number of nitrogens with zero attached hydrogens (tertiary/aromatic N) is 2. The molecule has 0 amide bonds. The molecule has 1 saturated heterocycles. The number of benzene rings is 2. The van der Waals surface area contributed by atoms with Gasteiger partial charge in [-0.25, -0.2) is 9.97 Å². The van der Waals surface area contributed by atoms with Gasteiger partial charge < -0.3 is 20.6 Å². The smallest absolute Gasteiger partial charge is 0.124 e. The van der Waals surface area contributed by atoms with Gasteiger partial charge in [-0.3, -0.25) is 0 Å². The lowest BCUT2D eigenvalue weighted by molar-refractivity contribution is 0.610. The molecule has 0 radical (unpaired) electrons. The van der Waals surface area contributed by atoms with Crippen LogP contribution in [0.3, 0.4) is 0 Å². The maximum absolute atomic E-state index is 5.06. The maximum atomic E-state index is 5.06. The molecule has 1 aliphatic carbocycles. The molecule has 0 bridgehead atoms. The summed E-state index contributed by atoms with van der Waals surface area (Å²) in [7, 11) is 1.93. The molecule has 4 aromatic rings. The van der Waals surface area contributed by atoms with Crippen molar-refractivity contribution in [2.45, 2.75) is 44.7 Å². The van der Waals surface area contributed by atoms with Crippen LogP contribution in [0.25, 0.3) is 33.6 Å². The Bertz CT molecular complexity index is 1260. The van der Waals surface area contributed by atoms with E-state index >= 15 is 0 Å². The Morgan fingerprint density at radius 3 is 2.64 bits per heavy atom. The van der Waals surface area contributed by atoms with Crippen LogP contribution in [0, 0.1) is 0 Å². The summed E-state index contributed by atoms with van der Waals surface area (Å²) < 4.78 is 0. The number of H-pyrrole nitrogens is 2. The summed E-state index contributed by atoms with van der Waals surface area (Å²) in [5.74, 6) is 2.06. The van der Waals surface area contributed by atoms with E-state index in [1.54, 1.807) is 0 Å². The fourth-order valence-corrected chi connectivity index (χ4v) is 5.19. The molecule has 1 fully saturated rings. The van der Waals surface area contributed by atoms with E-state index in [9.17, 15) is 0 Å². The first kappa shape index (κ1) is 20.4. The average molecular weight is 439 g/mol. The zero-order valence-corrected chi connectivity index (χ0v) is 19.0. The molecule has 2 aliphatic rings. The minimum atomic E-state index is 0.377. The zero-order valence-electron chi connectivity index (χ0n) is 19.0. The van der Waals surface area contributed by atoms with Gasteiger partial charge in [-0.05, 0) is 68.0 Å². The lowest BCUT2D eigenvalue weighted by atomic mass is 9.95. The van der Waals surface area contributed by atoms with Crippen LogP contribution < -0.4 is 10.6 Å². The van der Waals surface area contributed by atoms with Crippen LogP contribution in [0.2, 0.25) is 0 Å². The molecular formula is C27H30N6. The van der Waals surface area contributed by atoms with Gasteiger partial charge in [0, 0.05) is 11.3 Å². The van der Waals surface area contributed by atoms with Gasteiger partial charge in [-0.1, -0.05) is 42.5 Å². The molecule has 2 aromatic heterocycles. The minimum Gasteiger partial charge on any atom is -0.344 e. The van der Waals surface area contributed by atoms with Gasteiger partial charge in [0.1, 0.15) is 11.6 Å². The number of rotatable bonds is 5. The van der Waals surface area contributed by atoms with Crippen LogP contribution in [0.1, 0.15) is 48.2 Å². The van der Waals surface area contributed by atoms with Crippen molar-refractivity contribution in [3.8, 4) is 33.6 Å². The lowest BCUT2D eigenvalue weighted by Crippen LogP contribution is -2.14. The summed E-state index contributed by atoms with van der Waals surface area (Å²) in [6.07, 6.45) is 7.60. The summed E-state index contributed by atoms with van der Waals surface area (Å²) in [5.41, 5.74) is 9.84. The molecular weight excluding hydrogens is 408 g/mol. The third kappa shape index (κ3) is 3.90. The fourth-order valence-electron chi connectivity index (χ4n) is 5.19. The van der Waals surface area contributed by atoms with Gasteiger partial charge in [0.2, 0.25) is 0 Å². The Hall–Kier alpha value is -3.22. The summed E-state index contributed by atoms with van der Waals surface area (Å²) in [4.78, 5) is 16.5. The average Bonchev–Trinajstić information content (AvgIpc) is 3.59. The number of aromatic nitrogens is 4. The van der Waals surface area contributed by atoms with E-state index < -0.39 is 0 Å². The summed E-state index contributed by atoms with van der Waals surface area (Å²) >= 11 is 0. The van der Waals surface area contributed by atoms with Crippen molar-refractivity contribution in [1.29, 1.82) is 0 Å². The van der Waals surface area contributed by atoms with E-state index in [2.05, 4.69) is 68.1 Å². The standard InChI is InChI=1S/C27H30N6/c1-28-16-25-30-15-24(31-25)18-9-7-17(8-10-18)19-11-12-21-20(14-19)4-2-5-22-26(21)33-27(32-22)23-6-3-13-29-23/h7-12,14-15,23,28-29H,2-6,13,16H2,1H3,(H,30,31)(H,32,33)/t23-/m0/s1. The number of imidazole rings is 2. The van der Waals surface area contributed by atoms with Crippen LogP contribution in [0.4, 0.5) is 0 Å². The Morgan fingerprint density at radius 2 is 1.82 bits per heavy atom. The highest BCUT2D eigenvalue weighted by molar-refractivity contribution is 5.75. The van der Waals surface area contributed by atoms with E-state index in [1.165, 1.54) is 40.8 Å². The molecule has 0 saturated carbocycles. The number of hydrogen-bond acceptors (Lipinski definition) is 4. The highest BCUT2D eigenvalue weighted by atomic mass is 15.0. The van der Waals surface area contributed by atoms with Crippen LogP contribution in [-0.2, 0) is 19.4 Å². The Balaban J connectivity index is 1.28. The first-order valence-electron chi connectivity index (χ1n) is 12.0. The number of aromatic amines is 2. The third-order valence-electron chi connectivity index (χ3n) is 6.92. The first-order valence-corrected chi connectivity index (χ1v) is 12.0. The zero-order chi connectivity index (χ0) is 22.2. The summed E-state index contributed by atoms with van der Waals surface area (Å²) in [5, 5.41) is 6.70. The van der Waals surface area contributed by atoms with Crippen LogP contribution in [0.5, 0.6) is 0 Å². The predicted octanol–water partition coefficient (Wildman–Crippen LogP) is 4.77. The number of hydrogen-bond donors (Lipinski definition) is 4. The Labute approximate surface area is 194 Å². The first-order chi connectivity index (χ1) is 16.3. The van der Waals surface area contributed by atoms with E-state index in [4.69, 9.17) is 4.98 Å². The predicted molar refractivity (Wildman–Crippen MR) is 132 cm³/mol. The largest absolute Gasteiger partial charge is 0.344 e. The summed E-state index contributed by atoms with van der Waals surface area (Å²) in [6, 6.07) is 16.0. The van der Waals surface area contributed by atoms with Gasteiger partial charge in [-0.15, -0.1) is 0 Å². The molecule has 168 valence electrons. The van der Waals surface area contributed by atoms with Crippen molar-refractivity contribution in [2.24, 2.45) is 0 Å². The molecule has 4 N–H and O–H groups in total. The van der Waals surface area contributed by atoms with Gasteiger partial charge in [0.25, 0.3) is 0 Å². The van der Waals surface area contributed by atoms with Crippen LogP contribution in [-0.4, -0.2) is 33.5 Å². The molecule has 33 heavy (non-hydrogen) atoms. The minimum absolute atomic E-state index is 0.377. The van der Waals surface area contributed by atoms with E-state index in [-0.39, 0.29) is 0 Å². The lowest BCUT2D eigenvalue weighted by Gasteiger charge is -2.10. The van der Waals surface area contributed by atoms with E-state index in [0.717, 1.165) is 61.0 Å². The molecule has 0 spiro atoms. The molecule has 6 rings (SSSR count). The molecule has 3 heterocycles. The van der Waals surface area contributed by atoms with Gasteiger partial charge in [0.15, 0.2) is 0 Å². The summed E-state index contributed by atoms with van der Waals surface area (Å²) in [6.45, 7) is 1.83. The maximum Gasteiger partial charge on any atom is 0.124 e. The normalized spacial score (nSPS) is 17.5. The van der Waals surface area contributed by atoms with Crippen molar-refractivity contribution >= 4 is 0 Å². The van der Waals surface area contributed by atoms with Gasteiger partial charge in [0.05, 0.1) is 30.2 Å². The Morgan fingerprint density at radius 1 is 0.970 bits per heavy atom. The second-order valence-electron chi connectivity index (χ2n) is 9.17. The highest BCUT2D eigenvalue weighted by Gasteiger charge is 2.24. The van der Waals surface area contributed by atoms with Gasteiger partial charge >= 0.3 is 0 Å². The number of aryl methyl sites for hydroxylation is 2. The van der Waals surface area contributed by atoms with Crippen molar-refractivity contribution in [2.75, 3.05) is 13.6 Å². The van der Waals surface area contributed by atoms with Crippen LogP contribution >= 0.6 is 0 Å². The molecule has 6 heteroatoms. The Kier molecular flexibility index (Phi) is 5.32. The van der Waals surface area contributed by atoms with Gasteiger partial charge in [-0.2, -0.15) is 0 Å². The number of fused-ring (bicyclic) bond motifs is 3. The SMILES string of the molecule is CNCc1ncc(-c2ccc(-c3ccc4c(c3)CCCc3[nH]c([C@@H]5CCCN5)nc3-4)cc2)[nH]1. The van der Waals surface area contributed by atoms with E-state index in [1.807, 2.05) is 13.2 Å². The van der Waals surface area contributed by atoms with E-state index in [0.29, 0.717) is 6.04 Å². The topological polar surface area (TPSA) is 81.4 Å².